The van der Waals surface area contributed by atoms with E-state index in [0.717, 1.165) is 17.8 Å². The van der Waals surface area contributed by atoms with Crippen molar-refractivity contribution in [1.29, 1.82) is 0 Å². The van der Waals surface area contributed by atoms with Crippen molar-refractivity contribution in [3.8, 4) is 0 Å². The Labute approximate surface area is 185 Å². The second-order valence-corrected chi connectivity index (χ2v) is 10.8. The smallest absolute Gasteiger partial charge is 0.0688 e. The van der Waals surface area contributed by atoms with E-state index in [9.17, 15) is 0 Å². The fourth-order valence-corrected chi connectivity index (χ4v) is 5.74. The zero-order chi connectivity index (χ0) is 21.5. The standard InChI is InChI=1S/C28H56O/c1-7-10-12-14-15-17-20-28(19-16-13-11-8-2)23-25(6)21-27(29-28)22-26(18-9-3)24(4)5/h24-27H,7-23H2,1-6H3/t25-,26?,27?,28?/m0/s1. The highest BCUT2D eigenvalue weighted by molar-refractivity contribution is 4.90. The monoisotopic (exact) mass is 408 g/mol. The quantitative estimate of drug-likeness (QED) is 0.218. The van der Waals surface area contributed by atoms with Gasteiger partial charge in [-0.05, 0) is 49.9 Å². The molecule has 1 heteroatoms. The van der Waals surface area contributed by atoms with Gasteiger partial charge in [-0.2, -0.15) is 0 Å². The van der Waals surface area contributed by atoms with E-state index in [1.807, 2.05) is 0 Å². The van der Waals surface area contributed by atoms with Crippen LogP contribution in [-0.2, 0) is 4.74 Å². The first-order chi connectivity index (χ1) is 14.0. The van der Waals surface area contributed by atoms with Crippen molar-refractivity contribution in [3.63, 3.8) is 0 Å². The molecule has 0 aromatic heterocycles. The van der Waals surface area contributed by atoms with E-state index in [1.165, 1.54) is 109 Å². The lowest BCUT2D eigenvalue weighted by molar-refractivity contribution is -0.160. The van der Waals surface area contributed by atoms with Crippen LogP contribution in [0.4, 0.5) is 0 Å². The molecule has 1 aliphatic rings. The minimum atomic E-state index is 0.189. The molecule has 1 nitrogen and oxygen atoms in total. The van der Waals surface area contributed by atoms with Gasteiger partial charge in [-0.15, -0.1) is 0 Å². The summed E-state index contributed by atoms with van der Waals surface area (Å²) in [6.45, 7) is 14.3. The molecule has 1 fully saturated rings. The highest BCUT2D eigenvalue weighted by Crippen LogP contribution is 2.42. The summed E-state index contributed by atoms with van der Waals surface area (Å²) in [7, 11) is 0. The largest absolute Gasteiger partial charge is 0.372 e. The molecule has 0 spiro atoms. The summed E-state index contributed by atoms with van der Waals surface area (Å²) in [5.41, 5.74) is 0.189. The SMILES string of the molecule is CCCCCCCCC1(CCCCCC)C[C@@H](C)CC(CC(CCC)C(C)C)O1. The molecule has 0 amide bonds. The summed E-state index contributed by atoms with van der Waals surface area (Å²) in [5, 5.41) is 0. The zero-order valence-electron chi connectivity index (χ0n) is 21.2. The summed E-state index contributed by atoms with van der Waals surface area (Å²) < 4.78 is 7.08. The van der Waals surface area contributed by atoms with Crippen LogP contribution in [0.2, 0.25) is 0 Å². The molecule has 1 saturated heterocycles. The maximum absolute atomic E-state index is 7.08. The molecule has 0 aromatic carbocycles. The molecule has 29 heavy (non-hydrogen) atoms. The van der Waals surface area contributed by atoms with E-state index in [-0.39, 0.29) is 5.60 Å². The molecule has 0 saturated carbocycles. The third-order valence-electron chi connectivity index (χ3n) is 7.44. The van der Waals surface area contributed by atoms with E-state index in [4.69, 9.17) is 4.74 Å². The van der Waals surface area contributed by atoms with Gasteiger partial charge in [0.25, 0.3) is 0 Å². The van der Waals surface area contributed by atoms with Crippen molar-refractivity contribution < 1.29 is 4.74 Å². The van der Waals surface area contributed by atoms with Crippen LogP contribution in [0.3, 0.4) is 0 Å². The Morgan fingerprint density at radius 1 is 0.793 bits per heavy atom. The molecule has 1 rings (SSSR count). The fraction of sp³-hybridized carbons (Fsp3) is 1.00. The van der Waals surface area contributed by atoms with Gasteiger partial charge in [-0.1, -0.05) is 119 Å². The van der Waals surface area contributed by atoms with E-state index < -0.39 is 0 Å². The second-order valence-electron chi connectivity index (χ2n) is 10.8. The van der Waals surface area contributed by atoms with Crippen LogP contribution in [0.5, 0.6) is 0 Å². The number of hydrogen-bond acceptors (Lipinski definition) is 1. The van der Waals surface area contributed by atoms with Gasteiger partial charge >= 0.3 is 0 Å². The number of hydrogen-bond donors (Lipinski definition) is 0. The molecule has 0 bridgehead atoms. The maximum atomic E-state index is 7.08. The predicted molar refractivity (Wildman–Crippen MR) is 131 cm³/mol. The average Bonchev–Trinajstić information content (AvgIpc) is 2.67. The van der Waals surface area contributed by atoms with Crippen molar-refractivity contribution in [1.82, 2.24) is 0 Å². The third kappa shape index (κ3) is 11.2. The van der Waals surface area contributed by atoms with E-state index in [2.05, 4.69) is 41.5 Å². The highest BCUT2D eigenvalue weighted by Gasteiger charge is 2.40. The Morgan fingerprint density at radius 3 is 1.90 bits per heavy atom. The predicted octanol–water partition coefficient (Wildman–Crippen LogP) is 9.72. The van der Waals surface area contributed by atoms with Gasteiger partial charge in [-0.3, -0.25) is 0 Å². The van der Waals surface area contributed by atoms with Gasteiger partial charge in [0.05, 0.1) is 11.7 Å². The molecule has 1 heterocycles. The van der Waals surface area contributed by atoms with Crippen LogP contribution in [0.1, 0.15) is 151 Å². The minimum absolute atomic E-state index is 0.189. The molecule has 4 atom stereocenters. The first-order valence-electron chi connectivity index (χ1n) is 13.6. The lowest BCUT2D eigenvalue weighted by Crippen LogP contribution is -2.44. The average molecular weight is 409 g/mol. The van der Waals surface area contributed by atoms with Crippen LogP contribution in [0.25, 0.3) is 0 Å². The lowest BCUT2D eigenvalue weighted by Gasteiger charge is -2.46. The van der Waals surface area contributed by atoms with Gasteiger partial charge in [0.2, 0.25) is 0 Å². The van der Waals surface area contributed by atoms with E-state index in [0.29, 0.717) is 6.10 Å². The van der Waals surface area contributed by atoms with Crippen LogP contribution >= 0.6 is 0 Å². The highest BCUT2D eigenvalue weighted by atomic mass is 16.5. The normalized spacial score (nSPS) is 26.2. The van der Waals surface area contributed by atoms with Crippen molar-refractivity contribution in [2.75, 3.05) is 0 Å². The molecule has 1 aliphatic heterocycles. The Hall–Kier alpha value is -0.0400. The summed E-state index contributed by atoms with van der Waals surface area (Å²) in [6.07, 6.45) is 23.6. The van der Waals surface area contributed by atoms with Crippen LogP contribution in [0.15, 0.2) is 0 Å². The van der Waals surface area contributed by atoms with Crippen molar-refractivity contribution >= 4 is 0 Å². The summed E-state index contributed by atoms with van der Waals surface area (Å²) in [4.78, 5) is 0. The Balaban J connectivity index is 2.70. The molecular weight excluding hydrogens is 352 g/mol. The Morgan fingerprint density at radius 2 is 1.34 bits per heavy atom. The number of rotatable bonds is 17. The Kier molecular flexibility index (Phi) is 14.6. The molecule has 0 N–H and O–H groups in total. The lowest BCUT2D eigenvalue weighted by atomic mass is 9.76. The van der Waals surface area contributed by atoms with Gasteiger partial charge in [0, 0.05) is 0 Å². The summed E-state index contributed by atoms with van der Waals surface area (Å²) >= 11 is 0. The molecular formula is C28H56O. The molecule has 0 aliphatic carbocycles. The van der Waals surface area contributed by atoms with Gasteiger partial charge in [0.1, 0.15) is 0 Å². The van der Waals surface area contributed by atoms with Crippen LogP contribution in [-0.4, -0.2) is 11.7 Å². The minimum Gasteiger partial charge on any atom is -0.372 e. The van der Waals surface area contributed by atoms with E-state index >= 15 is 0 Å². The fourth-order valence-electron chi connectivity index (χ4n) is 5.74. The van der Waals surface area contributed by atoms with E-state index in [1.54, 1.807) is 0 Å². The van der Waals surface area contributed by atoms with Gasteiger partial charge in [-0.25, -0.2) is 0 Å². The maximum Gasteiger partial charge on any atom is 0.0688 e. The number of ether oxygens (including phenoxy) is 1. The molecule has 3 unspecified atom stereocenters. The van der Waals surface area contributed by atoms with Crippen molar-refractivity contribution in [2.24, 2.45) is 17.8 Å². The number of unbranched alkanes of at least 4 members (excludes halogenated alkanes) is 8. The van der Waals surface area contributed by atoms with Crippen LogP contribution < -0.4 is 0 Å². The summed E-state index contributed by atoms with van der Waals surface area (Å²) in [5.74, 6) is 2.45. The van der Waals surface area contributed by atoms with Crippen LogP contribution in [0, 0.1) is 17.8 Å². The topological polar surface area (TPSA) is 9.23 Å². The van der Waals surface area contributed by atoms with Crippen molar-refractivity contribution in [2.45, 2.75) is 162 Å². The second kappa shape index (κ2) is 15.7. The van der Waals surface area contributed by atoms with Gasteiger partial charge < -0.3 is 4.74 Å². The first kappa shape index (κ1) is 27.0. The van der Waals surface area contributed by atoms with Gasteiger partial charge in [0.15, 0.2) is 0 Å². The summed E-state index contributed by atoms with van der Waals surface area (Å²) in [6, 6.07) is 0. The molecule has 0 aromatic rings. The van der Waals surface area contributed by atoms with Crippen molar-refractivity contribution in [3.05, 3.63) is 0 Å². The third-order valence-corrected chi connectivity index (χ3v) is 7.44. The Bertz CT molecular complexity index is 377. The first-order valence-corrected chi connectivity index (χ1v) is 13.6. The molecule has 174 valence electrons. The molecule has 0 radical (unpaired) electrons. The zero-order valence-corrected chi connectivity index (χ0v) is 21.2.